The lowest BCUT2D eigenvalue weighted by molar-refractivity contribution is 0.0397. The maximum absolute atomic E-state index is 11.9. The Balaban J connectivity index is 2.02. The van der Waals surface area contributed by atoms with Crippen LogP contribution in [0.2, 0.25) is 0 Å². The Morgan fingerprint density at radius 3 is 1.82 bits per heavy atom. The highest BCUT2D eigenvalue weighted by molar-refractivity contribution is 8.02. The first-order valence-electron chi connectivity index (χ1n) is 6.06. The molecule has 0 radical (unpaired) electrons. The molecule has 0 fully saturated rings. The van der Waals surface area contributed by atoms with Gasteiger partial charge in [-0.25, -0.2) is 9.59 Å². The van der Waals surface area contributed by atoms with Crippen molar-refractivity contribution in [2.45, 2.75) is 14.0 Å². The number of carbonyl (C=O) groups is 2. The van der Waals surface area contributed by atoms with Crippen LogP contribution >= 0.6 is 47.6 Å². The van der Waals surface area contributed by atoms with E-state index in [1.54, 1.807) is 48.5 Å². The smallest absolute Gasteiger partial charge is 0.346 e. The maximum atomic E-state index is 11.9. The van der Waals surface area contributed by atoms with Gasteiger partial charge in [-0.2, -0.15) is 0 Å². The standard InChI is InChI=1S/C15H10Cl2O3S2/c16-15(17)22-12-7-3-10(4-8-12)14(19)20-13(18)9-1-5-11(21)6-2-9/h1-8,15,21H. The number of carbonyl (C=O) groups excluding carboxylic acids is 2. The lowest BCUT2D eigenvalue weighted by atomic mass is 10.2. The average Bonchev–Trinajstić information content (AvgIpc) is 2.48. The topological polar surface area (TPSA) is 43.4 Å². The Kier molecular flexibility index (Phi) is 6.20. The van der Waals surface area contributed by atoms with Gasteiger partial charge in [0.05, 0.1) is 11.1 Å². The lowest BCUT2D eigenvalue weighted by Gasteiger charge is -2.05. The van der Waals surface area contributed by atoms with Crippen LogP contribution in [0.1, 0.15) is 20.7 Å². The highest BCUT2D eigenvalue weighted by atomic mass is 35.5. The summed E-state index contributed by atoms with van der Waals surface area (Å²) in [7, 11) is 0. The molecule has 0 bridgehead atoms. The predicted octanol–water partition coefficient (Wildman–Crippen LogP) is 4.83. The van der Waals surface area contributed by atoms with Crippen LogP contribution in [0, 0.1) is 0 Å². The van der Waals surface area contributed by atoms with Crippen molar-refractivity contribution in [3.05, 3.63) is 59.7 Å². The third-order valence-electron chi connectivity index (χ3n) is 2.60. The van der Waals surface area contributed by atoms with Crippen LogP contribution < -0.4 is 0 Å². The van der Waals surface area contributed by atoms with Crippen LogP contribution in [0.4, 0.5) is 0 Å². The molecule has 2 aromatic carbocycles. The number of ether oxygens (including phenoxy) is 1. The van der Waals surface area contributed by atoms with Gasteiger partial charge < -0.3 is 4.74 Å². The second-order valence-corrected chi connectivity index (χ2v) is 7.44. The summed E-state index contributed by atoms with van der Waals surface area (Å²) in [5, 5.41) is 0. The number of alkyl halides is 2. The van der Waals surface area contributed by atoms with Gasteiger partial charge >= 0.3 is 11.9 Å². The zero-order chi connectivity index (χ0) is 16.1. The van der Waals surface area contributed by atoms with Crippen LogP contribution in [0.15, 0.2) is 58.3 Å². The molecule has 0 atom stereocenters. The van der Waals surface area contributed by atoms with Gasteiger partial charge in [0.25, 0.3) is 0 Å². The molecule has 0 unspecified atom stereocenters. The van der Waals surface area contributed by atoms with E-state index in [1.165, 1.54) is 11.8 Å². The summed E-state index contributed by atoms with van der Waals surface area (Å²) in [4.78, 5) is 25.3. The van der Waals surface area contributed by atoms with E-state index in [1.807, 2.05) is 0 Å². The van der Waals surface area contributed by atoms with Crippen molar-refractivity contribution in [3.63, 3.8) is 0 Å². The summed E-state index contributed by atoms with van der Waals surface area (Å²) in [6.07, 6.45) is 0. The summed E-state index contributed by atoms with van der Waals surface area (Å²) in [5.74, 6) is -1.43. The fourth-order valence-electron chi connectivity index (χ4n) is 1.57. The molecule has 7 heteroatoms. The highest BCUT2D eigenvalue weighted by Crippen LogP contribution is 2.28. The second kappa shape index (κ2) is 7.92. The van der Waals surface area contributed by atoms with E-state index >= 15 is 0 Å². The summed E-state index contributed by atoms with van der Waals surface area (Å²) < 4.78 is 4.23. The minimum atomic E-state index is -0.718. The molecule has 0 aliphatic rings. The van der Waals surface area contributed by atoms with Gasteiger partial charge in [0, 0.05) is 9.79 Å². The minimum Gasteiger partial charge on any atom is -0.386 e. The van der Waals surface area contributed by atoms with Crippen molar-refractivity contribution >= 4 is 59.5 Å². The first-order chi connectivity index (χ1) is 10.5. The fraction of sp³-hybridized carbons (Fsp3) is 0.0667. The molecule has 0 spiro atoms. The van der Waals surface area contributed by atoms with Gasteiger partial charge in [0.1, 0.15) is 0 Å². The third-order valence-corrected chi connectivity index (χ3v) is 4.16. The first-order valence-corrected chi connectivity index (χ1v) is 8.26. The van der Waals surface area contributed by atoms with E-state index in [9.17, 15) is 9.59 Å². The molecule has 0 saturated carbocycles. The highest BCUT2D eigenvalue weighted by Gasteiger charge is 2.15. The van der Waals surface area contributed by atoms with Gasteiger partial charge in [-0.05, 0) is 48.5 Å². The average molecular weight is 373 g/mol. The van der Waals surface area contributed by atoms with Crippen molar-refractivity contribution < 1.29 is 14.3 Å². The molecule has 2 aromatic rings. The van der Waals surface area contributed by atoms with Crippen molar-refractivity contribution in [1.82, 2.24) is 0 Å². The largest absolute Gasteiger partial charge is 0.386 e. The summed E-state index contributed by atoms with van der Waals surface area (Å²) in [6, 6.07) is 12.8. The molecule has 0 amide bonds. The van der Waals surface area contributed by atoms with Crippen molar-refractivity contribution in [2.75, 3.05) is 0 Å². The van der Waals surface area contributed by atoms with Crippen LogP contribution in [0.5, 0.6) is 0 Å². The van der Waals surface area contributed by atoms with E-state index in [0.29, 0.717) is 4.90 Å². The predicted molar refractivity (Wildman–Crippen MR) is 91.2 cm³/mol. The van der Waals surface area contributed by atoms with Gasteiger partial charge in [-0.1, -0.05) is 35.0 Å². The minimum absolute atomic E-state index is 0.268. The zero-order valence-electron chi connectivity index (χ0n) is 11.0. The molecule has 3 nitrogen and oxygen atoms in total. The molecule has 0 aliphatic carbocycles. The monoisotopic (exact) mass is 372 g/mol. The molecule has 0 aromatic heterocycles. The Morgan fingerprint density at radius 1 is 0.909 bits per heavy atom. The molecule has 0 heterocycles. The third kappa shape index (κ3) is 4.95. The Labute approximate surface area is 147 Å². The Morgan fingerprint density at radius 2 is 1.36 bits per heavy atom. The van der Waals surface area contributed by atoms with Gasteiger partial charge in [-0.15, -0.1) is 12.6 Å². The molecule has 0 saturated heterocycles. The number of benzene rings is 2. The van der Waals surface area contributed by atoms with E-state index in [0.717, 1.165) is 4.90 Å². The Hall–Kier alpha value is -1.14. The molecule has 2 rings (SSSR count). The van der Waals surface area contributed by atoms with E-state index in [-0.39, 0.29) is 11.1 Å². The van der Waals surface area contributed by atoms with E-state index in [2.05, 4.69) is 12.6 Å². The summed E-state index contributed by atoms with van der Waals surface area (Å²) >= 11 is 16.7. The molecule has 0 aliphatic heterocycles. The van der Waals surface area contributed by atoms with Crippen LogP contribution in [0.25, 0.3) is 0 Å². The summed E-state index contributed by atoms with van der Waals surface area (Å²) in [6.45, 7) is 0. The molecular formula is C15H10Cl2O3S2. The number of thiol groups is 1. The second-order valence-electron chi connectivity index (χ2n) is 4.13. The summed E-state index contributed by atoms with van der Waals surface area (Å²) in [5.41, 5.74) is 0.551. The number of hydrogen-bond donors (Lipinski definition) is 1. The first kappa shape index (κ1) is 17.2. The quantitative estimate of drug-likeness (QED) is 0.274. The van der Waals surface area contributed by atoms with Gasteiger partial charge in [0.15, 0.2) is 4.17 Å². The van der Waals surface area contributed by atoms with Crippen LogP contribution in [-0.2, 0) is 4.74 Å². The number of esters is 2. The normalized spacial score (nSPS) is 10.5. The molecule has 0 N–H and O–H groups in total. The maximum Gasteiger partial charge on any atom is 0.346 e. The van der Waals surface area contributed by atoms with Crippen LogP contribution in [0.3, 0.4) is 0 Å². The van der Waals surface area contributed by atoms with Crippen molar-refractivity contribution in [1.29, 1.82) is 0 Å². The number of hydrogen-bond acceptors (Lipinski definition) is 5. The Bertz CT molecular complexity index is 670. The van der Waals surface area contributed by atoms with Crippen molar-refractivity contribution in [3.8, 4) is 0 Å². The number of thioether (sulfide) groups is 1. The fourth-order valence-corrected chi connectivity index (χ4v) is 2.84. The molecule has 22 heavy (non-hydrogen) atoms. The van der Waals surface area contributed by atoms with E-state index in [4.69, 9.17) is 27.9 Å². The number of halogens is 2. The SMILES string of the molecule is O=C(OC(=O)c1ccc(SC(Cl)Cl)cc1)c1ccc(S)cc1. The molecule has 114 valence electrons. The van der Waals surface area contributed by atoms with Gasteiger partial charge in [-0.3, -0.25) is 0 Å². The van der Waals surface area contributed by atoms with Crippen LogP contribution in [-0.4, -0.2) is 16.1 Å². The zero-order valence-corrected chi connectivity index (χ0v) is 14.3. The van der Waals surface area contributed by atoms with E-state index < -0.39 is 16.1 Å². The number of rotatable bonds is 4. The van der Waals surface area contributed by atoms with Gasteiger partial charge in [0.2, 0.25) is 0 Å². The lowest BCUT2D eigenvalue weighted by Crippen LogP contribution is -2.12. The van der Waals surface area contributed by atoms with Crippen molar-refractivity contribution in [2.24, 2.45) is 0 Å². The molecular weight excluding hydrogens is 363 g/mol.